The first-order chi connectivity index (χ1) is 13.3. The van der Waals surface area contributed by atoms with E-state index in [4.69, 9.17) is 4.18 Å². The van der Waals surface area contributed by atoms with Gasteiger partial charge in [-0.3, -0.25) is 4.79 Å². The van der Waals surface area contributed by atoms with Gasteiger partial charge in [0, 0.05) is 19.0 Å². The molecule has 0 bridgehead atoms. The minimum absolute atomic E-state index is 0.170. The fraction of sp³-hybridized carbons (Fsp3) is 0.682. The highest BCUT2D eigenvalue weighted by Crippen LogP contribution is 2.18. The average Bonchev–Trinajstić information content (AvgIpc) is 2.64. The van der Waals surface area contributed by atoms with E-state index in [1.807, 2.05) is 17.0 Å². The van der Waals surface area contributed by atoms with Gasteiger partial charge in [-0.05, 0) is 37.5 Å². The molecule has 0 aliphatic carbocycles. The van der Waals surface area contributed by atoms with E-state index in [-0.39, 0.29) is 17.7 Å². The summed E-state index contributed by atoms with van der Waals surface area (Å²) in [6.45, 7) is 6.91. The first-order valence-corrected chi connectivity index (χ1v) is 12.4. The zero-order chi connectivity index (χ0) is 21.0. The summed E-state index contributed by atoms with van der Waals surface area (Å²) in [5, 5.41) is 0. The molecule has 1 rings (SSSR count). The van der Waals surface area contributed by atoms with Crippen LogP contribution < -0.4 is 4.18 Å². The fourth-order valence-electron chi connectivity index (χ4n) is 3.11. The lowest BCUT2D eigenvalue weighted by Gasteiger charge is -2.29. The normalized spacial score (nSPS) is 12.6. The Balaban J connectivity index is 2.56. The van der Waals surface area contributed by atoms with Crippen LogP contribution in [0.2, 0.25) is 0 Å². The molecule has 160 valence electrons. The van der Waals surface area contributed by atoms with Crippen molar-refractivity contribution in [2.75, 3.05) is 6.26 Å². The Morgan fingerprint density at radius 2 is 1.57 bits per heavy atom. The molecule has 0 aliphatic heterocycles. The van der Waals surface area contributed by atoms with Gasteiger partial charge in [0.1, 0.15) is 5.75 Å². The molecular formula is C22H37NO4S. The highest BCUT2D eigenvalue weighted by atomic mass is 32.2. The van der Waals surface area contributed by atoms with E-state index in [0.717, 1.165) is 31.1 Å². The first kappa shape index (κ1) is 24.5. The lowest BCUT2D eigenvalue weighted by atomic mass is 10.1. The number of benzene rings is 1. The molecule has 1 aromatic carbocycles. The topological polar surface area (TPSA) is 63.7 Å². The van der Waals surface area contributed by atoms with Crippen molar-refractivity contribution in [3.8, 4) is 5.75 Å². The second-order valence-corrected chi connectivity index (χ2v) is 9.16. The van der Waals surface area contributed by atoms with Crippen molar-refractivity contribution in [2.45, 2.75) is 91.1 Å². The zero-order valence-corrected chi connectivity index (χ0v) is 18.8. The molecule has 6 heteroatoms. The number of carbonyl (C=O) groups excluding carboxylic acids is 1. The van der Waals surface area contributed by atoms with Crippen LogP contribution in [0.5, 0.6) is 5.75 Å². The lowest BCUT2D eigenvalue weighted by molar-refractivity contribution is -0.134. The van der Waals surface area contributed by atoms with Gasteiger partial charge < -0.3 is 9.08 Å². The van der Waals surface area contributed by atoms with Crippen molar-refractivity contribution in [2.24, 2.45) is 0 Å². The largest absolute Gasteiger partial charge is 0.383 e. The molecule has 1 amide bonds. The van der Waals surface area contributed by atoms with Crippen LogP contribution >= 0.6 is 0 Å². The average molecular weight is 412 g/mol. The van der Waals surface area contributed by atoms with Crippen LogP contribution in [0.4, 0.5) is 0 Å². The van der Waals surface area contributed by atoms with Gasteiger partial charge in [-0.1, -0.05) is 64.5 Å². The van der Waals surface area contributed by atoms with Crippen molar-refractivity contribution in [3.05, 3.63) is 29.8 Å². The van der Waals surface area contributed by atoms with Crippen LogP contribution in [0.1, 0.15) is 84.1 Å². The van der Waals surface area contributed by atoms with Crippen molar-refractivity contribution in [1.29, 1.82) is 0 Å². The van der Waals surface area contributed by atoms with E-state index in [9.17, 15) is 13.2 Å². The molecule has 0 aliphatic rings. The summed E-state index contributed by atoms with van der Waals surface area (Å²) < 4.78 is 27.3. The second-order valence-electron chi connectivity index (χ2n) is 7.58. The third-order valence-corrected chi connectivity index (χ3v) is 5.46. The van der Waals surface area contributed by atoms with Crippen LogP contribution in [0.3, 0.4) is 0 Å². The molecular weight excluding hydrogens is 374 g/mol. The molecule has 0 aromatic heterocycles. The summed E-state index contributed by atoms with van der Waals surface area (Å²) in [4.78, 5) is 14.7. The Bertz CT molecular complexity index is 670. The molecule has 0 radical (unpaired) electrons. The zero-order valence-electron chi connectivity index (χ0n) is 17.9. The standard InChI is InChI=1S/C22H37NO4S/c1-5-7-8-9-10-11-12-13-22(24)23(19(3)6-2)18-20-14-16-21(17-15-20)27-28(4,25)26/h14-17,19H,5-13,18H2,1-4H3. The van der Waals surface area contributed by atoms with Gasteiger partial charge in [0.15, 0.2) is 0 Å². The van der Waals surface area contributed by atoms with E-state index in [1.54, 1.807) is 12.1 Å². The number of unbranched alkanes of at least 4 members (excludes halogenated alkanes) is 6. The number of amides is 1. The van der Waals surface area contributed by atoms with E-state index in [1.165, 1.54) is 32.1 Å². The number of rotatable bonds is 14. The Hall–Kier alpha value is -1.56. The summed E-state index contributed by atoms with van der Waals surface area (Å²) in [6, 6.07) is 7.06. The minimum atomic E-state index is -3.53. The maximum atomic E-state index is 12.8. The maximum absolute atomic E-state index is 12.8. The van der Waals surface area contributed by atoms with Crippen LogP contribution in [-0.2, 0) is 21.5 Å². The van der Waals surface area contributed by atoms with E-state index >= 15 is 0 Å². The summed E-state index contributed by atoms with van der Waals surface area (Å²) in [7, 11) is -3.53. The van der Waals surface area contributed by atoms with Gasteiger partial charge in [0.2, 0.25) is 5.91 Å². The third-order valence-electron chi connectivity index (χ3n) is 4.96. The summed E-state index contributed by atoms with van der Waals surface area (Å²) in [6.07, 6.45) is 10.9. The molecule has 28 heavy (non-hydrogen) atoms. The SMILES string of the molecule is CCCCCCCCCC(=O)N(Cc1ccc(OS(C)(=O)=O)cc1)C(C)CC. The van der Waals surface area contributed by atoms with Crippen LogP contribution in [0.15, 0.2) is 24.3 Å². The molecule has 1 unspecified atom stereocenters. The third kappa shape index (κ3) is 10.1. The van der Waals surface area contributed by atoms with E-state index in [0.29, 0.717) is 13.0 Å². The smallest absolute Gasteiger partial charge is 0.306 e. The van der Waals surface area contributed by atoms with Gasteiger partial charge in [0.25, 0.3) is 0 Å². The summed E-state index contributed by atoms with van der Waals surface area (Å²) in [5.41, 5.74) is 0.967. The molecule has 1 atom stereocenters. The Kier molecular flexibility index (Phi) is 11.2. The van der Waals surface area contributed by atoms with E-state index in [2.05, 4.69) is 20.8 Å². The Morgan fingerprint density at radius 3 is 2.11 bits per heavy atom. The highest BCUT2D eigenvalue weighted by molar-refractivity contribution is 7.86. The lowest BCUT2D eigenvalue weighted by Crippen LogP contribution is -2.37. The molecule has 5 nitrogen and oxygen atoms in total. The number of nitrogens with zero attached hydrogens (tertiary/aromatic N) is 1. The van der Waals surface area contributed by atoms with Crippen molar-refractivity contribution in [3.63, 3.8) is 0 Å². The van der Waals surface area contributed by atoms with Crippen LogP contribution in [-0.4, -0.2) is 31.5 Å². The van der Waals surface area contributed by atoms with Gasteiger partial charge in [-0.15, -0.1) is 0 Å². The van der Waals surface area contributed by atoms with Crippen molar-refractivity contribution >= 4 is 16.0 Å². The van der Waals surface area contributed by atoms with Gasteiger partial charge in [0.05, 0.1) is 6.26 Å². The Morgan fingerprint density at radius 1 is 1.00 bits per heavy atom. The summed E-state index contributed by atoms with van der Waals surface area (Å²) in [5.74, 6) is 0.482. The molecule has 0 heterocycles. The highest BCUT2D eigenvalue weighted by Gasteiger charge is 2.19. The fourth-order valence-corrected chi connectivity index (χ4v) is 3.57. The van der Waals surface area contributed by atoms with Crippen molar-refractivity contribution < 1.29 is 17.4 Å². The predicted molar refractivity (Wildman–Crippen MR) is 115 cm³/mol. The molecule has 0 fully saturated rings. The molecule has 1 aromatic rings. The molecule has 0 N–H and O–H groups in total. The van der Waals surface area contributed by atoms with E-state index < -0.39 is 10.1 Å². The first-order valence-electron chi connectivity index (χ1n) is 10.5. The summed E-state index contributed by atoms with van der Waals surface area (Å²) >= 11 is 0. The number of hydrogen-bond acceptors (Lipinski definition) is 4. The van der Waals surface area contributed by atoms with Gasteiger partial charge >= 0.3 is 10.1 Å². The monoisotopic (exact) mass is 411 g/mol. The quantitative estimate of drug-likeness (QED) is 0.308. The number of carbonyl (C=O) groups is 1. The van der Waals surface area contributed by atoms with Crippen LogP contribution in [0, 0.1) is 0 Å². The minimum Gasteiger partial charge on any atom is -0.383 e. The molecule has 0 spiro atoms. The van der Waals surface area contributed by atoms with Crippen molar-refractivity contribution in [1.82, 2.24) is 4.90 Å². The second kappa shape index (κ2) is 12.8. The van der Waals surface area contributed by atoms with Gasteiger partial charge in [-0.25, -0.2) is 0 Å². The predicted octanol–water partition coefficient (Wildman–Crippen LogP) is 5.29. The number of hydrogen-bond donors (Lipinski definition) is 0. The Labute approximate surface area is 171 Å². The van der Waals surface area contributed by atoms with Crippen LogP contribution in [0.25, 0.3) is 0 Å². The molecule has 0 saturated heterocycles. The maximum Gasteiger partial charge on any atom is 0.306 e. The molecule has 0 saturated carbocycles. The van der Waals surface area contributed by atoms with Gasteiger partial charge in [-0.2, -0.15) is 8.42 Å².